The van der Waals surface area contributed by atoms with E-state index in [9.17, 15) is 9.59 Å². The molecule has 0 spiro atoms. The Balaban J connectivity index is 2.18. The quantitative estimate of drug-likeness (QED) is 0.502. The molecule has 1 aliphatic heterocycles. The molecule has 1 fully saturated rings. The number of ether oxygens (including phenoxy) is 1. The molecule has 1 saturated heterocycles. The highest BCUT2D eigenvalue weighted by atomic mass is 16.6. The van der Waals surface area contributed by atoms with Gasteiger partial charge in [-0.2, -0.15) is 0 Å². The molecule has 0 bridgehead atoms. The van der Waals surface area contributed by atoms with E-state index in [1.54, 1.807) is 6.07 Å². The Kier molecular flexibility index (Phi) is 2.11. The van der Waals surface area contributed by atoms with Crippen LogP contribution < -0.4 is 0 Å². The summed E-state index contributed by atoms with van der Waals surface area (Å²) in [4.78, 5) is 22.0. The topological polar surface area (TPSA) is 56.5 Å². The van der Waals surface area contributed by atoms with Crippen molar-refractivity contribution >= 4 is 11.9 Å². The first-order valence-electron chi connectivity index (χ1n) is 4.45. The summed E-state index contributed by atoms with van der Waals surface area (Å²) in [6, 6.07) is 3.62. The molecule has 14 heavy (non-hydrogen) atoms. The summed E-state index contributed by atoms with van der Waals surface area (Å²) in [5, 5.41) is 0. The smallest absolute Gasteiger partial charge is 0.314 e. The van der Waals surface area contributed by atoms with Gasteiger partial charge >= 0.3 is 11.9 Å². The molecule has 0 aromatic carbocycles. The largest absolute Gasteiger partial charge is 0.466 e. The summed E-state index contributed by atoms with van der Waals surface area (Å²) in [6.07, 6.45) is 0.442. The first-order chi connectivity index (χ1) is 6.65. The Morgan fingerprint density at radius 1 is 1.21 bits per heavy atom. The standard InChI is InChI=1S/C10H10O4/c1-6-2-3-8(13-6)7-4-9(11)14-10(12)5-7/h2-3,7H,4-5H2,1H3. The maximum absolute atomic E-state index is 11.0. The maximum Gasteiger partial charge on any atom is 0.314 e. The molecule has 4 heteroatoms. The van der Waals surface area contributed by atoms with Crippen molar-refractivity contribution in [3.05, 3.63) is 23.7 Å². The Bertz CT molecular complexity index is 361. The van der Waals surface area contributed by atoms with E-state index in [2.05, 4.69) is 4.74 Å². The van der Waals surface area contributed by atoms with Crippen molar-refractivity contribution in [2.24, 2.45) is 0 Å². The summed E-state index contributed by atoms with van der Waals surface area (Å²) in [7, 11) is 0. The van der Waals surface area contributed by atoms with E-state index in [0.29, 0.717) is 5.76 Å². The number of hydrogen-bond acceptors (Lipinski definition) is 4. The van der Waals surface area contributed by atoms with Gasteiger partial charge in [-0.15, -0.1) is 0 Å². The lowest BCUT2D eigenvalue weighted by Crippen LogP contribution is -2.23. The van der Waals surface area contributed by atoms with Crippen molar-refractivity contribution in [3.63, 3.8) is 0 Å². The molecule has 0 aliphatic carbocycles. The highest BCUT2D eigenvalue weighted by Gasteiger charge is 2.30. The molecule has 1 aliphatic rings. The van der Waals surface area contributed by atoms with Crippen LogP contribution >= 0.6 is 0 Å². The van der Waals surface area contributed by atoms with Crippen LogP contribution in [0.1, 0.15) is 30.3 Å². The molecule has 0 N–H and O–H groups in total. The highest BCUT2D eigenvalue weighted by Crippen LogP contribution is 2.29. The Hall–Kier alpha value is -1.58. The number of esters is 2. The van der Waals surface area contributed by atoms with Crippen molar-refractivity contribution in [2.75, 3.05) is 0 Å². The Morgan fingerprint density at radius 3 is 2.36 bits per heavy atom. The second kappa shape index (κ2) is 3.29. The molecular formula is C10H10O4. The van der Waals surface area contributed by atoms with E-state index in [4.69, 9.17) is 4.42 Å². The third kappa shape index (κ3) is 1.69. The number of rotatable bonds is 1. The average Bonchev–Trinajstić information content (AvgIpc) is 2.50. The zero-order valence-electron chi connectivity index (χ0n) is 7.78. The van der Waals surface area contributed by atoms with Crippen molar-refractivity contribution < 1.29 is 18.7 Å². The molecule has 0 atom stereocenters. The third-order valence-corrected chi connectivity index (χ3v) is 2.22. The van der Waals surface area contributed by atoms with Gasteiger partial charge < -0.3 is 9.15 Å². The molecule has 1 aromatic rings. The van der Waals surface area contributed by atoms with Gasteiger partial charge in [-0.1, -0.05) is 0 Å². The summed E-state index contributed by atoms with van der Waals surface area (Å²) in [5.41, 5.74) is 0. The van der Waals surface area contributed by atoms with E-state index >= 15 is 0 Å². The van der Waals surface area contributed by atoms with Crippen LogP contribution in [0.2, 0.25) is 0 Å². The number of aryl methyl sites for hydroxylation is 1. The molecule has 0 unspecified atom stereocenters. The van der Waals surface area contributed by atoms with Gasteiger partial charge in [0.2, 0.25) is 0 Å². The molecule has 74 valence electrons. The normalized spacial score (nSPS) is 18.4. The fourth-order valence-corrected chi connectivity index (χ4v) is 1.56. The van der Waals surface area contributed by atoms with Crippen LogP contribution in [-0.2, 0) is 14.3 Å². The minimum absolute atomic E-state index is 0.155. The van der Waals surface area contributed by atoms with E-state index < -0.39 is 11.9 Å². The second-order valence-corrected chi connectivity index (χ2v) is 3.40. The van der Waals surface area contributed by atoms with Crippen molar-refractivity contribution in [1.82, 2.24) is 0 Å². The lowest BCUT2D eigenvalue weighted by atomic mass is 9.97. The predicted molar refractivity (Wildman–Crippen MR) is 46.5 cm³/mol. The molecule has 0 amide bonds. The van der Waals surface area contributed by atoms with Crippen LogP contribution in [-0.4, -0.2) is 11.9 Å². The zero-order valence-corrected chi connectivity index (χ0v) is 7.78. The van der Waals surface area contributed by atoms with Gasteiger partial charge in [0.1, 0.15) is 11.5 Å². The van der Waals surface area contributed by atoms with E-state index in [1.807, 2.05) is 13.0 Å². The first-order valence-corrected chi connectivity index (χ1v) is 4.45. The molecule has 2 rings (SSSR count). The monoisotopic (exact) mass is 194 g/mol. The number of carbonyl (C=O) groups is 2. The van der Waals surface area contributed by atoms with Crippen molar-refractivity contribution in [3.8, 4) is 0 Å². The van der Waals surface area contributed by atoms with Gasteiger partial charge in [0.25, 0.3) is 0 Å². The summed E-state index contributed by atoms with van der Waals surface area (Å²) in [6.45, 7) is 1.83. The third-order valence-electron chi connectivity index (χ3n) is 2.22. The molecular weight excluding hydrogens is 184 g/mol. The van der Waals surface area contributed by atoms with E-state index in [0.717, 1.165) is 5.76 Å². The number of furan rings is 1. The average molecular weight is 194 g/mol. The molecule has 0 saturated carbocycles. The number of hydrogen-bond donors (Lipinski definition) is 0. The van der Waals surface area contributed by atoms with Crippen LogP contribution in [0.5, 0.6) is 0 Å². The minimum Gasteiger partial charge on any atom is -0.466 e. The van der Waals surface area contributed by atoms with Gasteiger partial charge in [0.15, 0.2) is 0 Å². The molecule has 0 radical (unpaired) electrons. The van der Waals surface area contributed by atoms with Gasteiger partial charge in [0.05, 0.1) is 12.8 Å². The maximum atomic E-state index is 11.0. The minimum atomic E-state index is -0.472. The number of cyclic esters (lactones) is 2. The van der Waals surface area contributed by atoms with Crippen LogP contribution in [0.15, 0.2) is 16.5 Å². The molecule has 4 nitrogen and oxygen atoms in total. The van der Waals surface area contributed by atoms with Gasteiger partial charge in [-0.25, -0.2) is 0 Å². The van der Waals surface area contributed by atoms with Crippen LogP contribution in [0.3, 0.4) is 0 Å². The number of carbonyl (C=O) groups excluding carboxylic acids is 2. The molecule has 2 heterocycles. The Morgan fingerprint density at radius 2 is 1.86 bits per heavy atom. The lowest BCUT2D eigenvalue weighted by Gasteiger charge is -2.17. The summed E-state index contributed by atoms with van der Waals surface area (Å²) >= 11 is 0. The SMILES string of the molecule is Cc1ccc(C2CC(=O)OC(=O)C2)o1. The first kappa shape index (κ1) is 8.99. The highest BCUT2D eigenvalue weighted by molar-refractivity contribution is 5.89. The second-order valence-electron chi connectivity index (χ2n) is 3.40. The van der Waals surface area contributed by atoms with Gasteiger partial charge in [-0.05, 0) is 19.1 Å². The summed E-state index contributed by atoms with van der Waals surface area (Å²) < 4.78 is 9.78. The van der Waals surface area contributed by atoms with Crippen LogP contribution in [0.4, 0.5) is 0 Å². The van der Waals surface area contributed by atoms with Crippen molar-refractivity contribution in [2.45, 2.75) is 25.7 Å². The van der Waals surface area contributed by atoms with Gasteiger partial charge in [0, 0.05) is 5.92 Å². The van der Waals surface area contributed by atoms with Crippen molar-refractivity contribution in [1.29, 1.82) is 0 Å². The fourth-order valence-electron chi connectivity index (χ4n) is 1.56. The Labute approximate surface area is 80.8 Å². The predicted octanol–water partition coefficient (Wildman–Crippen LogP) is 1.54. The van der Waals surface area contributed by atoms with E-state index in [-0.39, 0.29) is 18.8 Å². The molecule has 1 aromatic heterocycles. The van der Waals surface area contributed by atoms with Crippen LogP contribution in [0.25, 0.3) is 0 Å². The zero-order chi connectivity index (χ0) is 10.1. The fraction of sp³-hybridized carbons (Fsp3) is 0.400. The summed E-state index contributed by atoms with van der Waals surface area (Å²) in [5.74, 6) is 0.372. The van der Waals surface area contributed by atoms with Gasteiger partial charge in [-0.3, -0.25) is 9.59 Å². The van der Waals surface area contributed by atoms with Crippen LogP contribution in [0, 0.1) is 6.92 Å². The van der Waals surface area contributed by atoms with E-state index in [1.165, 1.54) is 0 Å². The lowest BCUT2D eigenvalue weighted by molar-refractivity contribution is -0.164.